The van der Waals surface area contributed by atoms with Gasteiger partial charge in [-0.05, 0) is 30.7 Å². The fraction of sp³-hybridized carbons (Fsp3) is 0.190. The van der Waals surface area contributed by atoms with Crippen LogP contribution in [0.1, 0.15) is 40.9 Å². The number of hydrogen-bond acceptors (Lipinski definition) is 3. The minimum Gasteiger partial charge on any atom is -0.496 e. The van der Waals surface area contributed by atoms with E-state index in [2.05, 4.69) is 6.58 Å². The molecule has 0 amide bonds. The van der Waals surface area contributed by atoms with Crippen molar-refractivity contribution in [1.82, 2.24) is 0 Å². The molecule has 2 aromatic carbocycles. The summed E-state index contributed by atoms with van der Waals surface area (Å²) in [4.78, 5) is 12.6. The molecule has 0 N–H and O–H groups in total. The highest BCUT2D eigenvalue weighted by atomic mass is 16.5. The van der Waals surface area contributed by atoms with E-state index in [1.165, 1.54) is 0 Å². The molecule has 24 heavy (non-hydrogen) atoms. The number of Topliss-reactive ketones (excluding diaryl/α,β-unsaturated/α-hetero) is 1. The van der Waals surface area contributed by atoms with Crippen LogP contribution < -0.4 is 9.47 Å². The largest absolute Gasteiger partial charge is 0.496 e. The van der Waals surface area contributed by atoms with Crippen molar-refractivity contribution in [1.29, 1.82) is 0 Å². The molecule has 0 fully saturated rings. The van der Waals surface area contributed by atoms with Crippen molar-refractivity contribution in [3.8, 4) is 11.5 Å². The number of carbonyl (C=O) groups excluding carboxylic acids is 1. The van der Waals surface area contributed by atoms with Gasteiger partial charge in [0.15, 0.2) is 5.78 Å². The topological polar surface area (TPSA) is 35.5 Å². The molecule has 3 rings (SSSR count). The molecule has 2 aromatic rings. The van der Waals surface area contributed by atoms with Gasteiger partial charge in [0.05, 0.1) is 24.7 Å². The highest BCUT2D eigenvalue weighted by Gasteiger charge is 2.30. The average Bonchev–Trinajstić information content (AvgIpc) is 2.60. The van der Waals surface area contributed by atoms with Crippen molar-refractivity contribution in [2.45, 2.75) is 19.4 Å². The number of methoxy groups -OCH3 is 1. The van der Waals surface area contributed by atoms with E-state index >= 15 is 0 Å². The summed E-state index contributed by atoms with van der Waals surface area (Å²) >= 11 is 0. The second-order valence-corrected chi connectivity index (χ2v) is 5.88. The van der Waals surface area contributed by atoms with E-state index in [1.807, 2.05) is 49.4 Å². The zero-order valence-corrected chi connectivity index (χ0v) is 13.9. The van der Waals surface area contributed by atoms with Crippen LogP contribution in [0.4, 0.5) is 0 Å². The standard InChI is InChI=1S/C21H20O3/c1-14(2)9-10-17-19(23-3)12-11-16-18(22)13-20(24-21(16)17)15-7-5-4-6-8-15/h4-12,20H,1,13H2,2-3H3/t20-/m1/s1. The first-order valence-electron chi connectivity index (χ1n) is 7.89. The molecular weight excluding hydrogens is 300 g/mol. The minimum atomic E-state index is -0.282. The zero-order chi connectivity index (χ0) is 17.1. The number of rotatable bonds is 4. The molecule has 0 spiro atoms. The Kier molecular flexibility index (Phi) is 4.52. The third kappa shape index (κ3) is 3.11. The predicted molar refractivity (Wildman–Crippen MR) is 95.6 cm³/mol. The summed E-state index contributed by atoms with van der Waals surface area (Å²) in [6, 6.07) is 13.4. The lowest BCUT2D eigenvalue weighted by Gasteiger charge is -2.27. The van der Waals surface area contributed by atoms with Crippen LogP contribution in [0, 0.1) is 0 Å². The fourth-order valence-electron chi connectivity index (χ4n) is 2.81. The van der Waals surface area contributed by atoms with Gasteiger partial charge in [-0.3, -0.25) is 4.79 Å². The molecule has 0 aromatic heterocycles. The maximum atomic E-state index is 12.6. The molecule has 3 heteroatoms. The lowest BCUT2D eigenvalue weighted by Crippen LogP contribution is -2.21. The molecule has 0 saturated carbocycles. The summed E-state index contributed by atoms with van der Waals surface area (Å²) in [6.07, 6.45) is 3.83. The quantitative estimate of drug-likeness (QED) is 0.744. The Morgan fingerprint density at radius 1 is 1.25 bits per heavy atom. The minimum absolute atomic E-state index is 0.0812. The van der Waals surface area contributed by atoms with Crippen LogP contribution in [0.15, 0.2) is 60.7 Å². The number of ether oxygens (including phenoxy) is 2. The van der Waals surface area contributed by atoms with Crippen LogP contribution in [0.2, 0.25) is 0 Å². The van der Waals surface area contributed by atoms with Gasteiger partial charge in [0.25, 0.3) is 0 Å². The molecule has 1 aliphatic heterocycles. The van der Waals surface area contributed by atoms with Gasteiger partial charge in [0, 0.05) is 0 Å². The highest BCUT2D eigenvalue weighted by Crippen LogP contribution is 2.41. The molecule has 1 heterocycles. The second kappa shape index (κ2) is 6.75. The van der Waals surface area contributed by atoms with E-state index < -0.39 is 0 Å². The summed E-state index contributed by atoms with van der Waals surface area (Å²) in [5.74, 6) is 1.34. The molecule has 1 atom stereocenters. The number of fused-ring (bicyclic) bond motifs is 1. The maximum Gasteiger partial charge on any atom is 0.170 e. The van der Waals surface area contributed by atoms with Crippen LogP contribution in [0.3, 0.4) is 0 Å². The summed E-state index contributed by atoms with van der Waals surface area (Å²) < 4.78 is 11.7. The van der Waals surface area contributed by atoms with Crippen molar-refractivity contribution >= 4 is 11.9 Å². The van der Waals surface area contributed by atoms with Crippen molar-refractivity contribution in [2.75, 3.05) is 7.11 Å². The van der Waals surface area contributed by atoms with Gasteiger partial charge in [-0.25, -0.2) is 0 Å². The SMILES string of the molecule is C=C(C)C=Cc1c(OC)ccc2c1O[C@@H](c1ccccc1)CC2=O. The first kappa shape index (κ1) is 16.1. The third-order valence-electron chi connectivity index (χ3n) is 4.01. The third-order valence-corrected chi connectivity index (χ3v) is 4.01. The van der Waals surface area contributed by atoms with Gasteiger partial charge in [-0.15, -0.1) is 0 Å². The van der Waals surface area contributed by atoms with Gasteiger partial charge in [-0.1, -0.05) is 48.6 Å². The summed E-state index contributed by atoms with van der Waals surface area (Å²) in [6.45, 7) is 5.79. The lowest BCUT2D eigenvalue weighted by molar-refractivity contribution is 0.0849. The predicted octanol–water partition coefficient (Wildman–Crippen LogP) is 4.99. The Bertz CT molecular complexity index is 803. The number of hydrogen-bond donors (Lipinski definition) is 0. The van der Waals surface area contributed by atoms with Gasteiger partial charge < -0.3 is 9.47 Å². The van der Waals surface area contributed by atoms with Crippen molar-refractivity contribution < 1.29 is 14.3 Å². The van der Waals surface area contributed by atoms with Gasteiger partial charge >= 0.3 is 0 Å². The fourth-order valence-corrected chi connectivity index (χ4v) is 2.81. The number of ketones is 1. The first-order chi connectivity index (χ1) is 11.6. The number of allylic oxidation sites excluding steroid dienone is 2. The van der Waals surface area contributed by atoms with E-state index in [0.29, 0.717) is 23.5 Å². The van der Waals surface area contributed by atoms with Crippen LogP contribution in [-0.4, -0.2) is 12.9 Å². The van der Waals surface area contributed by atoms with Crippen molar-refractivity contribution in [3.05, 3.63) is 77.4 Å². The average molecular weight is 320 g/mol. The van der Waals surface area contributed by atoms with E-state index in [1.54, 1.807) is 19.2 Å². The molecule has 3 nitrogen and oxygen atoms in total. The van der Waals surface area contributed by atoms with E-state index in [4.69, 9.17) is 9.47 Å². The molecule has 0 aliphatic carbocycles. The molecule has 0 radical (unpaired) electrons. The number of benzene rings is 2. The Labute approximate surface area is 142 Å². The Morgan fingerprint density at radius 2 is 2.00 bits per heavy atom. The van der Waals surface area contributed by atoms with Gasteiger partial charge in [0.2, 0.25) is 0 Å². The molecule has 122 valence electrons. The Morgan fingerprint density at radius 3 is 2.67 bits per heavy atom. The summed E-state index contributed by atoms with van der Waals surface area (Å²) in [5, 5.41) is 0. The molecular formula is C21H20O3. The Hall–Kier alpha value is -2.81. The van der Waals surface area contributed by atoms with Crippen LogP contribution in [0.25, 0.3) is 6.08 Å². The van der Waals surface area contributed by atoms with E-state index in [9.17, 15) is 4.79 Å². The second-order valence-electron chi connectivity index (χ2n) is 5.88. The van der Waals surface area contributed by atoms with E-state index in [-0.39, 0.29) is 11.9 Å². The van der Waals surface area contributed by atoms with Crippen LogP contribution in [0.5, 0.6) is 11.5 Å². The smallest absolute Gasteiger partial charge is 0.170 e. The molecule has 1 aliphatic rings. The highest BCUT2D eigenvalue weighted by molar-refractivity contribution is 6.01. The summed E-state index contributed by atoms with van der Waals surface area (Å²) in [7, 11) is 1.61. The van der Waals surface area contributed by atoms with Crippen molar-refractivity contribution in [2.24, 2.45) is 0 Å². The normalized spacial score (nSPS) is 16.6. The molecule has 0 unspecified atom stereocenters. The van der Waals surface area contributed by atoms with Crippen molar-refractivity contribution in [3.63, 3.8) is 0 Å². The molecule has 0 bridgehead atoms. The Balaban J connectivity index is 2.08. The molecule has 0 saturated heterocycles. The zero-order valence-electron chi connectivity index (χ0n) is 13.9. The summed E-state index contributed by atoms with van der Waals surface area (Å²) in [5.41, 5.74) is 3.28. The number of carbonyl (C=O) groups is 1. The van der Waals surface area contributed by atoms with E-state index in [0.717, 1.165) is 16.7 Å². The monoisotopic (exact) mass is 320 g/mol. The first-order valence-corrected chi connectivity index (χ1v) is 7.89. The lowest BCUT2D eigenvalue weighted by atomic mass is 9.94. The van der Waals surface area contributed by atoms with Gasteiger partial charge in [-0.2, -0.15) is 0 Å². The maximum absolute atomic E-state index is 12.6. The van der Waals surface area contributed by atoms with Crippen LogP contribution in [-0.2, 0) is 0 Å². The van der Waals surface area contributed by atoms with Gasteiger partial charge in [0.1, 0.15) is 17.6 Å². The van der Waals surface area contributed by atoms with Crippen LogP contribution >= 0.6 is 0 Å².